The molecule has 7 nitrogen and oxygen atoms in total. The standard InChI is InChI=1S/C23H23F2N7/c1-32-13-16(11-29-32)21-12-28-23(26,17-7-18(24)9-19(25)8-17)31-22(21)30-20-3-2-14-4-5-27-10-15(14)6-20/h2-3,6-9,11-13,27,30-31H,4-5,10,26H2,1H3. The summed E-state index contributed by atoms with van der Waals surface area (Å²) in [6.07, 6.45) is 6.15. The molecule has 0 radical (unpaired) electrons. The van der Waals surface area contributed by atoms with E-state index in [0.717, 1.165) is 42.4 Å². The van der Waals surface area contributed by atoms with Gasteiger partial charge in [0.2, 0.25) is 5.79 Å². The molecule has 0 fully saturated rings. The number of allylic oxidation sites excluding steroid dienone is 1. The molecule has 5 rings (SSSR count). The molecule has 2 aromatic carbocycles. The molecule has 0 amide bonds. The summed E-state index contributed by atoms with van der Waals surface area (Å²) in [5, 5.41) is 14.1. The fourth-order valence-electron chi connectivity index (χ4n) is 4.02. The molecule has 1 atom stereocenters. The molecule has 0 aliphatic carbocycles. The van der Waals surface area contributed by atoms with E-state index in [2.05, 4.69) is 38.2 Å². The minimum atomic E-state index is -1.55. The molecule has 0 spiro atoms. The average molecular weight is 435 g/mol. The number of nitrogens with zero attached hydrogens (tertiary/aromatic N) is 3. The molecule has 3 aromatic rings. The molecule has 5 N–H and O–H groups in total. The van der Waals surface area contributed by atoms with Crippen molar-refractivity contribution in [1.29, 1.82) is 0 Å². The van der Waals surface area contributed by atoms with Crippen molar-refractivity contribution in [3.63, 3.8) is 0 Å². The molecule has 1 unspecified atom stereocenters. The lowest BCUT2D eigenvalue weighted by Crippen LogP contribution is -2.51. The van der Waals surface area contributed by atoms with Crippen LogP contribution in [-0.4, -0.2) is 22.5 Å². The van der Waals surface area contributed by atoms with E-state index in [4.69, 9.17) is 5.73 Å². The summed E-state index contributed by atoms with van der Waals surface area (Å²) >= 11 is 0. The third-order valence-electron chi connectivity index (χ3n) is 5.66. The minimum absolute atomic E-state index is 0.172. The Labute approximate surface area is 184 Å². The molecule has 164 valence electrons. The van der Waals surface area contributed by atoms with Gasteiger partial charge in [-0.3, -0.25) is 10.4 Å². The van der Waals surface area contributed by atoms with E-state index in [1.165, 1.54) is 23.3 Å². The zero-order valence-corrected chi connectivity index (χ0v) is 17.5. The van der Waals surface area contributed by atoms with Crippen LogP contribution >= 0.6 is 0 Å². The number of aliphatic imine (C=N–C) groups is 1. The second-order valence-electron chi connectivity index (χ2n) is 8.03. The predicted octanol–water partition coefficient (Wildman–Crippen LogP) is 2.57. The zero-order valence-electron chi connectivity index (χ0n) is 17.5. The monoisotopic (exact) mass is 435 g/mol. The van der Waals surface area contributed by atoms with Crippen LogP contribution in [0, 0.1) is 11.6 Å². The van der Waals surface area contributed by atoms with E-state index in [1.54, 1.807) is 17.1 Å². The van der Waals surface area contributed by atoms with Gasteiger partial charge in [0.25, 0.3) is 0 Å². The molecule has 3 heterocycles. The predicted molar refractivity (Wildman–Crippen MR) is 119 cm³/mol. The van der Waals surface area contributed by atoms with Crippen LogP contribution in [0.5, 0.6) is 0 Å². The zero-order chi connectivity index (χ0) is 22.3. The summed E-state index contributed by atoms with van der Waals surface area (Å²) in [6.45, 7) is 1.77. The van der Waals surface area contributed by atoms with Crippen LogP contribution in [0.1, 0.15) is 22.3 Å². The number of fused-ring (bicyclic) bond motifs is 1. The number of rotatable bonds is 4. The average Bonchev–Trinajstić information content (AvgIpc) is 3.19. The topological polar surface area (TPSA) is 92.3 Å². The summed E-state index contributed by atoms with van der Waals surface area (Å²) in [4.78, 5) is 4.41. The van der Waals surface area contributed by atoms with Crippen molar-refractivity contribution in [2.45, 2.75) is 18.8 Å². The molecule has 32 heavy (non-hydrogen) atoms. The molecule has 0 saturated heterocycles. The van der Waals surface area contributed by atoms with E-state index in [9.17, 15) is 8.78 Å². The lowest BCUT2D eigenvalue weighted by molar-refractivity contribution is 0.395. The molecule has 1 aromatic heterocycles. The highest BCUT2D eigenvalue weighted by Gasteiger charge is 2.32. The molecular weight excluding hydrogens is 412 g/mol. The third kappa shape index (κ3) is 3.88. The van der Waals surface area contributed by atoms with Gasteiger partial charge in [-0.2, -0.15) is 5.10 Å². The number of aromatic nitrogens is 2. The molecule has 0 bridgehead atoms. The van der Waals surface area contributed by atoms with Crippen LogP contribution in [0.25, 0.3) is 5.57 Å². The Morgan fingerprint density at radius 1 is 1.12 bits per heavy atom. The van der Waals surface area contributed by atoms with Crippen molar-refractivity contribution in [3.8, 4) is 0 Å². The Morgan fingerprint density at radius 2 is 1.94 bits per heavy atom. The maximum Gasteiger partial charge on any atom is 0.210 e. The van der Waals surface area contributed by atoms with E-state index >= 15 is 0 Å². The highest BCUT2D eigenvalue weighted by Crippen LogP contribution is 2.29. The summed E-state index contributed by atoms with van der Waals surface area (Å²) in [5.74, 6) is -2.43. The summed E-state index contributed by atoms with van der Waals surface area (Å²) in [6, 6.07) is 9.34. The van der Waals surface area contributed by atoms with Crippen molar-refractivity contribution in [2.75, 3.05) is 11.9 Å². The highest BCUT2D eigenvalue weighted by atomic mass is 19.1. The number of anilines is 1. The summed E-state index contributed by atoms with van der Waals surface area (Å²) < 4.78 is 29.4. The van der Waals surface area contributed by atoms with Crippen LogP contribution < -0.4 is 21.7 Å². The molecule has 2 aliphatic rings. The molecular formula is C23H23F2N7. The Balaban J connectivity index is 1.54. The van der Waals surface area contributed by atoms with Crippen molar-refractivity contribution < 1.29 is 8.78 Å². The largest absolute Gasteiger partial charge is 0.341 e. The number of nitrogens with one attached hydrogen (secondary N) is 3. The Bertz CT molecular complexity index is 1230. The molecule has 9 heteroatoms. The van der Waals surface area contributed by atoms with Gasteiger partial charge >= 0.3 is 0 Å². The highest BCUT2D eigenvalue weighted by molar-refractivity contribution is 6.12. The lowest BCUT2D eigenvalue weighted by atomic mass is 10.00. The first-order chi connectivity index (χ1) is 15.4. The molecule has 2 aliphatic heterocycles. The van der Waals surface area contributed by atoms with Gasteiger partial charge < -0.3 is 16.0 Å². The van der Waals surface area contributed by atoms with Gasteiger partial charge in [0.1, 0.15) is 17.5 Å². The first-order valence-electron chi connectivity index (χ1n) is 10.3. The van der Waals surface area contributed by atoms with E-state index in [0.29, 0.717) is 5.82 Å². The number of aryl methyl sites for hydroxylation is 1. The van der Waals surface area contributed by atoms with Gasteiger partial charge in [-0.1, -0.05) is 6.07 Å². The van der Waals surface area contributed by atoms with Crippen LogP contribution in [-0.2, 0) is 25.8 Å². The Kier molecular flexibility index (Phi) is 4.99. The Hall–Kier alpha value is -3.56. The Morgan fingerprint density at radius 3 is 2.69 bits per heavy atom. The van der Waals surface area contributed by atoms with Crippen LogP contribution in [0.4, 0.5) is 14.5 Å². The molecule has 0 saturated carbocycles. The van der Waals surface area contributed by atoms with Crippen molar-refractivity contribution in [3.05, 3.63) is 88.5 Å². The van der Waals surface area contributed by atoms with Gasteiger partial charge in [-0.15, -0.1) is 0 Å². The van der Waals surface area contributed by atoms with Crippen LogP contribution in [0.2, 0.25) is 0 Å². The van der Waals surface area contributed by atoms with Crippen molar-refractivity contribution in [2.24, 2.45) is 17.8 Å². The second-order valence-corrected chi connectivity index (χ2v) is 8.03. The maximum absolute atomic E-state index is 13.9. The van der Waals surface area contributed by atoms with Crippen LogP contribution in [0.15, 0.2) is 59.6 Å². The van der Waals surface area contributed by atoms with Gasteiger partial charge in [0.05, 0.1) is 6.20 Å². The minimum Gasteiger partial charge on any atom is -0.341 e. The summed E-state index contributed by atoms with van der Waals surface area (Å²) in [7, 11) is 1.82. The third-order valence-corrected chi connectivity index (χ3v) is 5.66. The lowest BCUT2D eigenvalue weighted by Gasteiger charge is -2.34. The van der Waals surface area contributed by atoms with Gasteiger partial charge in [0.15, 0.2) is 0 Å². The second kappa shape index (κ2) is 7.85. The van der Waals surface area contributed by atoms with Gasteiger partial charge in [-0.05, 0) is 48.4 Å². The van der Waals surface area contributed by atoms with E-state index < -0.39 is 17.4 Å². The number of halogens is 2. The van der Waals surface area contributed by atoms with Crippen LogP contribution in [0.3, 0.4) is 0 Å². The fourth-order valence-corrected chi connectivity index (χ4v) is 4.02. The van der Waals surface area contributed by atoms with E-state index in [1.807, 2.05) is 19.3 Å². The van der Waals surface area contributed by atoms with E-state index in [-0.39, 0.29) is 5.56 Å². The van der Waals surface area contributed by atoms with Crippen molar-refractivity contribution in [1.82, 2.24) is 20.4 Å². The van der Waals surface area contributed by atoms with Gasteiger partial charge in [-0.25, -0.2) is 13.8 Å². The maximum atomic E-state index is 13.9. The summed E-state index contributed by atoms with van der Waals surface area (Å²) in [5.41, 5.74) is 11.6. The fraction of sp³-hybridized carbons (Fsp3) is 0.217. The normalized spacial score (nSPS) is 20.1. The number of benzene rings is 2. The first kappa shape index (κ1) is 20.3. The quantitative estimate of drug-likeness (QED) is 0.506. The number of hydrogen-bond acceptors (Lipinski definition) is 6. The van der Waals surface area contributed by atoms with Gasteiger partial charge in [0, 0.05) is 54.5 Å². The number of hydrogen-bond donors (Lipinski definition) is 4. The first-order valence-corrected chi connectivity index (χ1v) is 10.3. The van der Waals surface area contributed by atoms with Crippen molar-refractivity contribution >= 4 is 17.5 Å². The smallest absolute Gasteiger partial charge is 0.210 e. The SMILES string of the molecule is Cn1cc(C2=C(Nc3ccc4c(c3)CNCC4)NC(N)(c3cc(F)cc(F)c3)N=C2)cn1. The number of nitrogens with two attached hydrogens (primary N) is 1.